The average Bonchev–Trinajstić information content (AvgIpc) is 2.32. The van der Waals surface area contributed by atoms with Gasteiger partial charge in [0.2, 0.25) is 0 Å². The number of nitrogens with two attached hydrogens (primary N) is 1. The van der Waals surface area contributed by atoms with Crippen molar-refractivity contribution >= 4 is 34.0 Å². The Morgan fingerprint density at radius 3 is 2.33 bits per heavy atom. The topological polar surface area (TPSA) is 29.3 Å². The standard InChI is InChI=1S/C12H8F3IN2/c13-8-2-1-3-11(12(8)15)18(17)10-5-4-7(16)6-9(10)14/h1-6H,17H2. The first-order valence-corrected chi connectivity index (χ1v) is 6.02. The normalized spacial score (nSPS) is 10.5. The second kappa shape index (κ2) is 5.15. The number of hydrogen-bond acceptors (Lipinski definition) is 2. The van der Waals surface area contributed by atoms with Gasteiger partial charge in [0.05, 0.1) is 11.4 Å². The lowest BCUT2D eigenvalue weighted by atomic mass is 10.2. The van der Waals surface area contributed by atoms with Crippen molar-refractivity contribution in [3.8, 4) is 0 Å². The van der Waals surface area contributed by atoms with E-state index in [1.165, 1.54) is 24.3 Å². The molecule has 0 aliphatic heterocycles. The number of halogens is 4. The van der Waals surface area contributed by atoms with E-state index in [1.807, 2.05) is 22.6 Å². The van der Waals surface area contributed by atoms with Crippen LogP contribution in [0.15, 0.2) is 36.4 Å². The zero-order valence-electron chi connectivity index (χ0n) is 9.00. The molecule has 2 aromatic carbocycles. The molecule has 0 spiro atoms. The van der Waals surface area contributed by atoms with Crippen molar-refractivity contribution in [3.05, 3.63) is 57.4 Å². The lowest BCUT2D eigenvalue weighted by Crippen LogP contribution is -2.27. The monoisotopic (exact) mass is 364 g/mol. The van der Waals surface area contributed by atoms with E-state index in [1.54, 1.807) is 6.07 Å². The highest BCUT2D eigenvalue weighted by Gasteiger charge is 2.16. The van der Waals surface area contributed by atoms with Crippen LogP contribution >= 0.6 is 22.6 Å². The van der Waals surface area contributed by atoms with E-state index in [4.69, 9.17) is 5.84 Å². The van der Waals surface area contributed by atoms with Gasteiger partial charge in [0.1, 0.15) is 5.82 Å². The smallest absolute Gasteiger partial charge is 0.183 e. The van der Waals surface area contributed by atoms with Crippen molar-refractivity contribution in [1.29, 1.82) is 0 Å². The van der Waals surface area contributed by atoms with Gasteiger partial charge >= 0.3 is 0 Å². The van der Waals surface area contributed by atoms with Crippen LogP contribution in [-0.2, 0) is 0 Å². The third-order valence-corrected chi connectivity index (χ3v) is 3.03. The predicted octanol–water partition coefficient (Wildman–Crippen LogP) is 3.72. The molecule has 0 fully saturated rings. The van der Waals surface area contributed by atoms with Crippen LogP contribution in [0.4, 0.5) is 24.5 Å². The van der Waals surface area contributed by atoms with Crippen molar-refractivity contribution in [1.82, 2.24) is 0 Å². The van der Waals surface area contributed by atoms with Crippen molar-refractivity contribution in [2.24, 2.45) is 5.84 Å². The number of anilines is 2. The first kappa shape index (κ1) is 13.2. The van der Waals surface area contributed by atoms with Crippen LogP contribution in [-0.4, -0.2) is 0 Å². The highest BCUT2D eigenvalue weighted by Crippen LogP contribution is 2.28. The molecule has 0 saturated heterocycles. The molecule has 0 saturated carbocycles. The lowest BCUT2D eigenvalue weighted by Gasteiger charge is -2.20. The Morgan fingerprint density at radius 1 is 0.944 bits per heavy atom. The van der Waals surface area contributed by atoms with Gasteiger partial charge in [0.15, 0.2) is 11.6 Å². The van der Waals surface area contributed by atoms with Crippen LogP contribution in [0.3, 0.4) is 0 Å². The Bertz CT molecular complexity index is 590. The first-order chi connectivity index (χ1) is 8.50. The molecule has 0 heterocycles. The summed E-state index contributed by atoms with van der Waals surface area (Å²) in [5, 5.41) is 0.782. The Balaban J connectivity index is 2.48. The fourth-order valence-electron chi connectivity index (χ4n) is 1.48. The molecule has 0 atom stereocenters. The summed E-state index contributed by atoms with van der Waals surface area (Å²) in [5.74, 6) is 2.87. The largest absolute Gasteiger partial charge is 0.274 e. The van der Waals surface area contributed by atoms with E-state index in [0.29, 0.717) is 3.57 Å². The van der Waals surface area contributed by atoms with Crippen LogP contribution in [0.5, 0.6) is 0 Å². The van der Waals surface area contributed by atoms with Gasteiger partial charge in [-0.1, -0.05) is 6.07 Å². The number of rotatable bonds is 2. The average molecular weight is 364 g/mol. The Labute approximate surface area is 115 Å². The lowest BCUT2D eigenvalue weighted by molar-refractivity contribution is 0.508. The van der Waals surface area contributed by atoms with E-state index in [9.17, 15) is 13.2 Å². The van der Waals surface area contributed by atoms with Crippen LogP contribution in [0.1, 0.15) is 0 Å². The van der Waals surface area contributed by atoms with Gasteiger partial charge < -0.3 is 0 Å². The van der Waals surface area contributed by atoms with Crippen molar-refractivity contribution in [2.45, 2.75) is 0 Å². The molecular weight excluding hydrogens is 356 g/mol. The quantitative estimate of drug-likeness (QED) is 0.500. The highest BCUT2D eigenvalue weighted by molar-refractivity contribution is 14.1. The fourth-order valence-corrected chi connectivity index (χ4v) is 1.94. The van der Waals surface area contributed by atoms with E-state index in [0.717, 1.165) is 11.1 Å². The van der Waals surface area contributed by atoms with Gasteiger partial charge in [0.25, 0.3) is 0 Å². The maximum absolute atomic E-state index is 13.7. The van der Waals surface area contributed by atoms with Crippen molar-refractivity contribution in [3.63, 3.8) is 0 Å². The summed E-state index contributed by atoms with van der Waals surface area (Å²) in [5.41, 5.74) is -0.255. The molecule has 2 nitrogen and oxygen atoms in total. The van der Waals surface area contributed by atoms with Crippen LogP contribution < -0.4 is 10.9 Å². The summed E-state index contributed by atoms with van der Waals surface area (Å²) < 4.78 is 41.0. The molecule has 0 aromatic heterocycles. The zero-order valence-corrected chi connectivity index (χ0v) is 11.2. The van der Waals surface area contributed by atoms with E-state index in [2.05, 4.69) is 0 Å². The van der Waals surface area contributed by atoms with Gasteiger partial charge in [0, 0.05) is 3.57 Å². The molecule has 6 heteroatoms. The number of hydrazine groups is 1. The summed E-state index contributed by atoms with van der Waals surface area (Å²) in [7, 11) is 0. The molecule has 0 aliphatic carbocycles. The summed E-state index contributed by atoms with van der Waals surface area (Å²) in [6, 6.07) is 7.83. The Kier molecular flexibility index (Phi) is 3.76. The van der Waals surface area contributed by atoms with E-state index in [-0.39, 0.29) is 11.4 Å². The van der Waals surface area contributed by atoms with Gasteiger partial charge in [-0.05, 0) is 52.9 Å². The maximum Gasteiger partial charge on any atom is 0.183 e. The molecule has 0 radical (unpaired) electrons. The van der Waals surface area contributed by atoms with Crippen LogP contribution in [0.25, 0.3) is 0 Å². The number of benzene rings is 2. The minimum absolute atomic E-state index is 0.0279. The molecule has 0 bridgehead atoms. The van der Waals surface area contributed by atoms with Crippen molar-refractivity contribution in [2.75, 3.05) is 5.01 Å². The summed E-state index contributed by atoms with van der Waals surface area (Å²) in [6.45, 7) is 0. The highest BCUT2D eigenvalue weighted by atomic mass is 127. The molecule has 0 aliphatic rings. The molecule has 0 amide bonds. The number of nitrogens with zero attached hydrogens (tertiary/aromatic N) is 1. The van der Waals surface area contributed by atoms with E-state index >= 15 is 0 Å². The second-order valence-electron chi connectivity index (χ2n) is 3.54. The molecule has 2 aromatic rings. The number of hydrogen-bond donors (Lipinski definition) is 1. The maximum atomic E-state index is 13.7. The minimum atomic E-state index is -1.11. The van der Waals surface area contributed by atoms with Crippen LogP contribution in [0, 0.1) is 21.0 Å². The van der Waals surface area contributed by atoms with E-state index < -0.39 is 17.5 Å². The molecular formula is C12H8F3IN2. The Morgan fingerprint density at radius 2 is 1.67 bits per heavy atom. The van der Waals surface area contributed by atoms with Gasteiger partial charge in [-0.25, -0.2) is 19.0 Å². The Hall–Kier alpha value is -1.28. The molecule has 18 heavy (non-hydrogen) atoms. The fraction of sp³-hybridized carbons (Fsp3) is 0. The third kappa shape index (κ3) is 2.44. The predicted molar refractivity (Wildman–Crippen MR) is 71.8 cm³/mol. The molecule has 0 unspecified atom stereocenters. The minimum Gasteiger partial charge on any atom is -0.274 e. The second-order valence-corrected chi connectivity index (χ2v) is 4.78. The zero-order chi connectivity index (χ0) is 13.3. The molecule has 2 rings (SSSR count). The van der Waals surface area contributed by atoms with Gasteiger partial charge in [-0.2, -0.15) is 0 Å². The summed E-state index contributed by atoms with van der Waals surface area (Å²) in [4.78, 5) is 0. The first-order valence-electron chi connectivity index (χ1n) is 4.94. The summed E-state index contributed by atoms with van der Waals surface area (Å²) >= 11 is 1.94. The third-order valence-electron chi connectivity index (χ3n) is 2.36. The van der Waals surface area contributed by atoms with Crippen molar-refractivity contribution < 1.29 is 13.2 Å². The van der Waals surface area contributed by atoms with Gasteiger partial charge in [-0.15, -0.1) is 0 Å². The SMILES string of the molecule is NN(c1ccc(I)cc1F)c1cccc(F)c1F. The van der Waals surface area contributed by atoms with Gasteiger partial charge in [-0.3, -0.25) is 5.01 Å². The van der Waals surface area contributed by atoms with Crippen LogP contribution in [0.2, 0.25) is 0 Å². The summed E-state index contributed by atoms with van der Waals surface area (Å²) in [6.07, 6.45) is 0. The molecule has 2 N–H and O–H groups in total. The molecule has 94 valence electrons.